The zero-order valence-corrected chi connectivity index (χ0v) is 13.3. The molecule has 0 aliphatic rings. The van der Waals surface area contributed by atoms with E-state index in [2.05, 4.69) is 31.3 Å². The van der Waals surface area contributed by atoms with Crippen LogP contribution in [0.2, 0.25) is 5.15 Å². The van der Waals surface area contributed by atoms with Gasteiger partial charge in [0, 0.05) is 29.2 Å². The molecule has 0 saturated heterocycles. The number of hydrazine groups is 1. The van der Waals surface area contributed by atoms with Gasteiger partial charge in [-0.05, 0) is 13.3 Å². The van der Waals surface area contributed by atoms with E-state index in [-0.39, 0.29) is 10.8 Å². The van der Waals surface area contributed by atoms with Crippen molar-refractivity contribution in [2.75, 3.05) is 5.75 Å². The molecule has 4 nitrogen and oxygen atoms in total. The third-order valence-electron chi connectivity index (χ3n) is 2.67. The molecular weight excluding hydrogens is 268 g/mol. The first-order valence-corrected chi connectivity index (χ1v) is 7.39. The Labute approximate surface area is 119 Å². The van der Waals surface area contributed by atoms with E-state index in [4.69, 9.17) is 17.4 Å². The summed E-state index contributed by atoms with van der Waals surface area (Å²) in [6.45, 7) is 8.58. The number of rotatable bonds is 5. The van der Waals surface area contributed by atoms with Gasteiger partial charge in [0.2, 0.25) is 0 Å². The van der Waals surface area contributed by atoms with Crippen molar-refractivity contribution in [3.05, 3.63) is 16.4 Å². The zero-order chi connectivity index (χ0) is 13.9. The number of nitrogens with one attached hydrogen (secondary N) is 1. The molecular formula is C12H23ClN4S. The third kappa shape index (κ3) is 4.46. The van der Waals surface area contributed by atoms with E-state index in [1.807, 2.05) is 25.7 Å². The molecule has 0 aliphatic heterocycles. The van der Waals surface area contributed by atoms with Crippen LogP contribution in [-0.4, -0.2) is 26.3 Å². The summed E-state index contributed by atoms with van der Waals surface area (Å²) < 4.78 is 1.94. The number of hydrogen-bond acceptors (Lipinski definition) is 4. The maximum atomic E-state index is 6.23. The first kappa shape index (κ1) is 15.8. The minimum Gasteiger partial charge on any atom is -0.271 e. The molecule has 1 atom stereocenters. The molecule has 1 aromatic rings. The summed E-state index contributed by atoms with van der Waals surface area (Å²) in [7, 11) is 1.85. The average molecular weight is 291 g/mol. The SMILES string of the molecule is Cc1nn(C)c(Cl)c1CC(CSC(C)(C)C)NN. The lowest BCUT2D eigenvalue weighted by atomic mass is 10.1. The van der Waals surface area contributed by atoms with Gasteiger partial charge >= 0.3 is 0 Å². The van der Waals surface area contributed by atoms with E-state index in [9.17, 15) is 0 Å². The summed E-state index contributed by atoms with van der Waals surface area (Å²) in [6, 6.07) is 0.203. The molecule has 0 radical (unpaired) electrons. The lowest BCUT2D eigenvalue weighted by molar-refractivity contribution is 0.572. The second-order valence-electron chi connectivity index (χ2n) is 5.47. The van der Waals surface area contributed by atoms with E-state index in [1.54, 1.807) is 4.68 Å². The Hall–Kier alpha value is -0.230. The molecule has 0 aliphatic carbocycles. The quantitative estimate of drug-likeness (QED) is 0.645. The predicted molar refractivity (Wildman–Crippen MR) is 80.0 cm³/mol. The Kier molecular flexibility index (Phi) is 5.52. The molecule has 1 aromatic heterocycles. The minimum absolute atomic E-state index is 0.203. The lowest BCUT2D eigenvalue weighted by Gasteiger charge is -2.22. The smallest absolute Gasteiger partial charge is 0.130 e. The molecule has 1 rings (SSSR count). The summed E-state index contributed by atoms with van der Waals surface area (Å²) >= 11 is 8.12. The van der Waals surface area contributed by atoms with Crippen molar-refractivity contribution in [3.8, 4) is 0 Å². The maximum Gasteiger partial charge on any atom is 0.130 e. The Morgan fingerprint density at radius 1 is 1.50 bits per heavy atom. The Bertz CT molecular complexity index is 398. The Morgan fingerprint density at radius 3 is 2.50 bits per heavy atom. The monoisotopic (exact) mass is 290 g/mol. The molecule has 1 heterocycles. The lowest BCUT2D eigenvalue weighted by Crippen LogP contribution is -2.39. The summed E-state index contributed by atoms with van der Waals surface area (Å²) in [6.07, 6.45) is 0.804. The molecule has 0 aromatic carbocycles. The van der Waals surface area contributed by atoms with Gasteiger partial charge in [-0.3, -0.25) is 16.0 Å². The maximum absolute atomic E-state index is 6.23. The largest absolute Gasteiger partial charge is 0.271 e. The van der Waals surface area contributed by atoms with Crippen molar-refractivity contribution >= 4 is 23.4 Å². The van der Waals surface area contributed by atoms with E-state index in [0.717, 1.165) is 23.4 Å². The van der Waals surface area contributed by atoms with E-state index < -0.39 is 0 Å². The van der Waals surface area contributed by atoms with Gasteiger partial charge in [0.05, 0.1) is 5.69 Å². The van der Waals surface area contributed by atoms with Crippen molar-refractivity contribution in [1.29, 1.82) is 0 Å². The highest BCUT2D eigenvalue weighted by molar-refractivity contribution is 8.00. The van der Waals surface area contributed by atoms with Gasteiger partial charge in [0.15, 0.2) is 0 Å². The normalized spacial score (nSPS) is 13.9. The van der Waals surface area contributed by atoms with Crippen LogP contribution in [0.15, 0.2) is 0 Å². The standard InChI is InChI=1S/C12H23ClN4S/c1-8-10(11(13)17(5)16-8)6-9(15-14)7-18-12(2,3)4/h9,15H,6-7,14H2,1-5H3. The Morgan fingerprint density at radius 2 is 2.11 bits per heavy atom. The number of nitrogens with zero attached hydrogens (tertiary/aromatic N) is 2. The van der Waals surface area contributed by atoms with Crippen LogP contribution < -0.4 is 11.3 Å². The molecule has 0 spiro atoms. The fraction of sp³-hybridized carbons (Fsp3) is 0.750. The van der Waals surface area contributed by atoms with Gasteiger partial charge in [-0.2, -0.15) is 16.9 Å². The zero-order valence-electron chi connectivity index (χ0n) is 11.7. The van der Waals surface area contributed by atoms with Crippen LogP contribution in [0.5, 0.6) is 0 Å². The van der Waals surface area contributed by atoms with Gasteiger partial charge in [0.25, 0.3) is 0 Å². The summed E-state index contributed by atoms with van der Waals surface area (Å²) in [5.41, 5.74) is 4.93. The van der Waals surface area contributed by atoms with E-state index in [0.29, 0.717) is 5.15 Å². The molecule has 0 bridgehead atoms. The van der Waals surface area contributed by atoms with Crippen LogP contribution in [-0.2, 0) is 13.5 Å². The van der Waals surface area contributed by atoms with Crippen molar-refractivity contribution in [1.82, 2.24) is 15.2 Å². The van der Waals surface area contributed by atoms with E-state index in [1.165, 1.54) is 0 Å². The second kappa shape index (κ2) is 6.28. The highest BCUT2D eigenvalue weighted by atomic mass is 35.5. The van der Waals surface area contributed by atoms with Gasteiger partial charge < -0.3 is 0 Å². The molecule has 18 heavy (non-hydrogen) atoms. The first-order valence-electron chi connectivity index (χ1n) is 6.02. The fourth-order valence-corrected chi connectivity index (χ4v) is 2.84. The molecule has 104 valence electrons. The predicted octanol–water partition coefficient (Wildman–Crippen LogP) is 2.29. The summed E-state index contributed by atoms with van der Waals surface area (Å²) in [5.74, 6) is 6.57. The van der Waals surface area contributed by atoms with Crippen LogP contribution in [0.25, 0.3) is 0 Å². The van der Waals surface area contributed by atoms with Crippen molar-refractivity contribution < 1.29 is 0 Å². The van der Waals surface area contributed by atoms with Gasteiger partial charge in [0.1, 0.15) is 5.15 Å². The van der Waals surface area contributed by atoms with Gasteiger partial charge in [-0.15, -0.1) is 0 Å². The summed E-state index contributed by atoms with van der Waals surface area (Å²) in [4.78, 5) is 0. The number of halogens is 1. The second-order valence-corrected chi connectivity index (χ2v) is 7.67. The molecule has 0 amide bonds. The topological polar surface area (TPSA) is 55.9 Å². The Balaban J connectivity index is 2.68. The van der Waals surface area contributed by atoms with Gasteiger partial charge in [-0.1, -0.05) is 32.4 Å². The molecule has 3 N–H and O–H groups in total. The van der Waals surface area contributed by atoms with Crippen molar-refractivity contribution in [2.24, 2.45) is 12.9 Å². The highest BCUT2D eigenvalue weighted by Crippen LogP contribution is 2.26. The van der Waals surface area contributed by atoms with Crippen LogP contribution in [0.1, 0.15) is 32.0 Å². The van der Waals surface area contributed by atoms with Crippen molar-refractivity contribution in [2.45, 2.75) is 44.9 Å². The first-order chi connectivity index (χ1) is 8.24. The number of aryl methyl sites for hydroxylation is 2. The number of nitrogens with two attached hydrogens (primary N) is 1. The minimum atomic E-state index is 0.203. The van der Waals surface area contributed by atoms with Crippen LogP contribution in [0.3, 0.4) is 0 Å². The van der Waals surface area contributed by atoms with Crippen molar-refractivity contribution in [3.63, 3.8) is 0 Å². The highest BCUT2D eigenvalue weighted by Gasteiger charge is 2.19. The fourth-order valence-electron chi connectivity index (χ4n) is 1.67. The third-order valence-corrected chi connectivity index (χ3v) is 4.58. The van der Waals surface area contributed by atoms with Crippen LogP contribution in [0.4, 0.5) is 0 Å². The van der Waals surface area contributed by atoms with Crippen LogP contribution >= 0.6 is 23.4 Å². The van der Waals surface area contributed by atoms with E-state index >= 15 is 0 Å². The average Bonchev–Trinajstić information content (AvgIpc) is 2.48. The number of thioether (sulfide) groups is 1. The number of hydrogen-bond donors (Lipinski definition) is 2. The molecule has 1 unspecified atom stereocenters. The van der Waals surface area contributed by atoms with Crippen LogP contribution in [0, 0.1) is 6.92 Å². The molecule has 0 saturated carbocycles. The summed E-state index contributed by atoms with van der Waals surface area (Å²) in [5, 5.41) is 5.02. The molecule has 6 heteroatoms. The molecule has 0 fully saturated rings. The number of aromatic nitrogens is 2. The van der Waals surface area contributed by atoms with Gasteiger partial charge in [-0.25, -0.2) is 0 Å².